The Hall–Kier alpha value is -1.78. The largest absolute Gasteiger partial charge is 0.480 e. The average molecular weight is 280 g/mol. The summed E-state index contributed by atoms with van der Waals surface area (Å²) in [4.78, 5) is 26.9. The Kier molecular flexibility index (Phi) is 6.28. The summed E-state index contributed by atoms with van der Waals surface area (Å²) in [5.41, 5.74) is 0. The molecule has 1 heterocycles. The molecule has 0 aliphatic carbocycles. The second-order valence-corrected chi connectivity index (χ2v) is 5.11. The topological polar surface area (TPSA) is 60.9 Å². The molecular formula is C15H24N2O3. The lowest BCUT2D eigenvalue weighted by molar-refractivity contribution is -0.144. The van der Waals surface area contributed by atoms with Crippen molar-refractivity contribution in [2.24, 2.45) is 5.92 Å². The number of urea groups is 1. The fourth-order valence-corrected chi connectivity index (χ4v) is 2.60. The van der Waals surface area contributed by atoms with Gasteiger partial charge in [0.25, 0.3) is 0 Å². The third kappa shape index (κ3) is 3.85. The van der Waals surface area contributed by atoms with E-state index in [-0.39, 0.29) is 6.03 Å². The quantitative estimate of drug-likeness (QED) is 0.760. The van der Waals surface area contributed by atoms with Crippen LogP contribution in [-0.4, -0.2) is 52.6 Å². The van der Waals surface area contributed by atoms with Crippen molar-refractivity contribution in [3.63, 3.8) is 0 Å². The third-order valence-electron chi connectivity index (χ3n) is 3.79. The highest BCUT2D eigenvalue weighted by molar-refractivity contribution is 5.83. The normalized spacial score (nSPS) is 22.1. The lowest BCUT2D eigenvalue weighted by Crippen LogP contribution is -2.54. The Morgan fingerprint density at radius 3 is 2.40 bits per heavy atom. The van der Waals surface area contributed by atoms with Gasteiger partial charge in [-0.2, -0.15) is 0 Å². The fraction of sp³-hybridized carbons (Fsp3) is 0.600. The molecule has 1 N–H and O–H groups in total. The number of rotatable bonds is 6. The van der Waals surface area contributed by atoms with E-state index in [1.165, 1.54) is 4.90 Å². The number of hydrogen-bond acceptors (Lipinski definition) is 2. The summed E-state index contributed by atoms with van der Waals surface area (Å²) < 4.78 is 0. The van der Waals surface area contributed by atoms with Gasteiger partial charge >= 0.3 is 12.0 Å². The number of carboxylic acids is 1. The molecule has 2 atom stereocenters. The number of amides is 2. The van der Waals surface area contributed by atoms with Gasteiger partial charge in [0.15, 0.2) is 0 Å². The molecule has 0 aromatic heterocycles. The minimum absolute atomic E-state index is 0.244. The van der Waals surface area contributed by atoms with Crippen LogP contribution in [0.2, 0.25) is 0 Å². The van der Waals surface area contributed by atoms with Crippen LogP contribution < -0.4 is 0 Å². The summed E-state index contributed by atoms with van der Waals surface area (Å²) in [6, 6.07) is -0.968. The Balaban J connectivity index is 2.84. The van der Waals surface area contributed by atoms with Gasteiger partial charge < -0.3 is 14.9 Å². The van der Waals surface area contributed by atoms with Gasteiger partial charge in [-0.25, -0.2) is 9.59 Å². The van der Waals surface area contributed by atoms with Crippen molar-refractivity contribution in [1.29, 1.82) is 0 Å². The molecule has 2 unspecified atom stereocenters. The van der Waals surface area contributed by atoms with E-state index in [1.54, 1.807) is 17.1 Å². The summed E-state index contributed by atoms with van der Waals surface area (Å²) >= 11 is 0. The second-order valence-electron chi connectivity index (χ2n) is 5.11. The van der Waals surface area contributed by atoms with Gasteiger partial charge in [-0.1, -0.05) is 25.5 Å². The molecule has 112 valence electrons. The van der Waals surface area contributed by atoms with E-state index in [0.29, 0.717) is 32.0 Å². The molecule has 0 aromatic carbocycles. The lowest BCUT2D eigenvalue weighted by atomic mass is 9.89. The zero-order valence-corrected chi connectivity index (χ0v) is 12.1. The predicted molar refractivity (Wildman–Crippen MR) is 78.5 cm³/mol. The second kappa shape index (κ2) is 7.72. The van der Waals surface area contributed by atoms with Crippen LogP contribution in [0.5, 0.6) is 0 Å². The van der Waals surface area contributed by atoms with Gasteiger partial charge in [0.2, 0.25) is 0 Å². The van der Waals surface area contributed by atoms with Gasteiger partial charge in [-0.05, 0) is 18.8 Å². The molecule has 2 amide bonds. The van der Waals surface area contributed by atoms with E-state index in [9.17, 15) is 14.7 Å². The standard InChI is InChI=1S/C15H24N2O3/c1-4-8-16(9-5-2)15(20)17-10-7-12(6-3)11-13(17)14(18)19/h4-5,12-13H,1-2,6-11H2,3H3,(H,18,19). The van der Waals surface area contributed by atoms with Gasteiger partial charge in [0.1, 0.15) is 6.04 Å². The van der Waals surface area contributed by atoms with E-state index >= 15 is 0 Å². The maximum Gasteiger partial charge on any atom is 0.326 e. The van der Waals surface area contributed by atoms with Crippen LogP contribution in [0.4, 0.5) is 4.79 Å². The van der Waals surface area contributed by atoms with Gasteiger partial charge in [-0.15, -0.1) is 13.2 Å². The highest BCUT2D eigenvalue weighted by Gasteiger charge is 2.37. The Labute approximate surface area is 120 Å². The zero-order valence-electron chi connectivity index (χ0n) is 12.1. The Morgan fingerprint density at radius 1 is 1.35 bits per heavy atom. The number of piperidine rings is 1. The van der Waals surface area contributed by atoms with Crippen molar-refractivity contribution in [3.05, 3.63) is 25.3 Å². The van der Waals surface area contributed by atoms with Gasteiger partial charge in [-0.3, -0.25) is 0 Å². The third-order valence-corrected chi connectivity index (χ3v) is 3.79. The minimum Gasteiger partial charge on any atom is -0.480 e. The molecule has 0 radical (unpaired) electrons. The van der Waals surface area contributed by atoms with Gasteiger partial charge in [0, 0.05) is 19.6 Å². The summed E-state index contributed by atoms with van der Waals surface area (Å²) in [6.45, 7) is 10.6. The molecule has 1 rings (SSSR count). The molecule has 20 heavy (non-hydrogen) atoms. The smallest absolute Gasteiger partial charge is 0.326 e. The molecule has 5 nitrogen and oxygen atoms in total. The first kappa shape index (κ1) is 16.3. The summed E-state index contributed by atoms with van der Waals surface area (Å²) in [7, 11) is 0. The maximum absolute atomic E-state index is 12.5. The number of likely N-dealkylation sites (tertiary alicyclic amines) is 1. The van der Waals surface area contributed by atoms with E-state index < -0.39 is 12.0 Å². The molecule has 1 aliphatic heterocycles. The highest BCUT2D eigenvalue weighted by Crippen LogP contribution is 2.26. The molecule has 1 fully saturated rings. The Morgan fingerprint density at radius 2 is 1.95 bits per heavy atom. The molecule has 1 saturated heterocycles. The molecule has 0 aromatic rings. The van der Waals surface area contributed by atoms with Crippen molar-refractivity contribution >= 4 is 12.0 Å². The molecule has 1 aliphatic rings. The summed E-state index contributed by atoms with van der Waals surface area (Å²) in [5, 5.41) is 9.36. The van der Waals surface area contributed by atoms with E-state index in [4.69, 9.17) is 0 Å². The molecule has 0 spiro atoms. The number of carbonyl (C=O) groups is 2. The SMILES string of the molecule is C=CCN(CC=C)C(=O)N1CCC(CC)CC1C(=O)O. The predicted octanol–water partition coefficient (Wildman–Crippen LogP) is 2.36. The van der Waals surface area contributed by atoms with Crippen molar-refractivity contribution in [2.45, 2.75) is 32.2 Å². The lowest BCUT2D eigenvalue weighted by Gasteiger charge is -2.39. The Bertz CT molecular complexity index is 371. The minimum atomic E-state index is -0.923. The van der Waals surface area contributed by atoms with E-state index in [0.717, 1.165) is 12.8 Å². The number of hydrogen-bond donors (Lipinski definition) is 1. The van der Waals surface area contributed by atoms with E-state index in [1.807, 2.05) is 0 Å². The maximum atomic E-state index is 12.5. The van der Waals surface area contributed by atoms with Crippen LogP contribution in [0, 0.1) is 5.92 Å². The number of nitrogens with zero attached hydrogens (tertiary/aromatic N) is 2. The molecule has 0 bridgehead atoms. The van der Waals surface area contributed by atoms with Crippen molar-refractivity contribution < 1.29 is 14.7 Å². The van der Waals surface area contributed by atoms with Crippen LogP contribution >= 0.6 is 0 Å². The fourth-order valence-electron chi connectivity index (χ4n) is 2.60. The first-order valence-corrected chi connectivity index (χ1v) is 7.05. The molecule has 5 heteroatoms. The first-order valence-electron chi connectivity index (χ1n) is 7.05. The molecule has 0 saturated carbocycles. The van der Waals surface area contributed by atoms with Gasteiger partial charge in [0.05, 0.1) is 0 Å². The van der Waals surface area contributed by atoms with Crippen molar-refractivity contribution in [3.8, 4) is 0 Å². The van der Waals surface area contributed by atoms with Crippen LogP contribution in [-0.2, 0) is 4.79 Å². The first-order chi connectivity index (χ1) is 9.54. The van der Waals surface area contributed by atoms with Crippen LogP contribution in [0.15, 0.2) is 25.3 Å². The number of aliphatic carboxylic acids is 1. The van der Waals surface area contributed by atoms with Crippen LogP contribution in [0.25, 0.3) is 0 Å². The van der Waals surface area contributed by atoms with Crippen LogP contribution in [0.3, 0.4) is 0 Å². The highest BCUT2D eigenvalue weighted by atomic mass is 16.4. The monoisotopic (exact) mass is 280 g/mol. The molecular weight excluding hydrogens is 256 g/mol. The van der Waals surface area contributed by atoms with Crippen molar-refractivity contribution in [1.82, 2.24) is 9.80 Å². The van der Waals surface area contributed by atoms with Crippen LogP contribution in [0.1, 0.15) is 26.2 Å². The van der Waals surface area contributed by atoms with Crippen molar-refractivity contribution in [2.75, 3.05) is 19.6 Å². The number of carboxylic acid groups (broad SMARTS) is 1. The van der Waals surface area contributed by atoms with E-state index in [2.05, 4.69) is 20.1 Å². The average Bonchev–Trinajstić information content (AvgIpc) is 2.45. The zero-order chi connectivity index (χ0) is 15.1. The number of carbonyl (C=O) groups excluding carboxylic acids is 1. The summed E-state index contributed by atoms with van der Waals surface area (Å²) in [5.74, 6) is -0.541. The summed E-state index contributed by atoms with van der Waals surface area (Å²) in [6.07, 6.45) is 5.62.